The molecule has 180 valence electrons. The molecule has 0 radical (unpaired) electrons. The lowest BCUT2D eigenvalue weighted by atomic mass is 10.0. The number of sulfonamides is 1. The normalized spacial score (nSPS) is 19.6. The van der Waals surface area contributed by atoms with E-state index in [1.165, 1.54) is 22.0 Å². The van der Waals surface area contributed by atoms with Gasteiger partial charge in [-0.05, 0) is 56.1 Å². The van der Waals surface area contributed by atoms with E-state index in [-0.39, 0.29) is 35.5 Å². The summed E-state index contributed by atoms with van der Waals surface area (Å²) in [6, 6.07) is 16.5. The minimum atomic E-state index is -3.78. The number of benzene rings is 2. The molecule has 0 bridgehead atoms. The molecule has 2 fully saturated rings. The highest BCUT2D eigenvalue weighted by Crippen LogP contribution is 2.32. The average Bonchev–Trinajstić information content (AvgIpc) is 3.32. The number of hydrogen-bond donors (Lipinski definition) is 0. The van der Waals surface area contributed by atoms with Crippen LogP contribution in [-0.4, -0.2) is 74.3 Å². The molecule has 34 heavy (non-hydrogen) atoms. The van der Waals surface area contributed by atoms with Crippen molar-refractivity contribution < 1.29 is 17.9 Å². The Hall–Kier alpha value is -2.93. The van der Waals surface area contributed by atoms with E-state index >= 15 is 0 Å². The number of carbonyl (C=O) groups is 1. The van der Waals surface area contributed by atoms with Crippen molar-refractivity contribution in [2.75, 3.05) is 45.9 Å². The van der Waals surface area contributed by atoms with Crippen LogP contribution in [0.5, 0.6) is 5.75 Å². The Balaban J connectivity index is 1.36. The number of ether oxygens (including phenoxy) is 1. The van der Waals surface area contributed by atoms with Crippen LogP contribution in [-0.2, 0) is 14.8 Å². The van der Waals surface area contributed by atoms with Crippen LogP contribution in [0.3, 0.4) is 0 Å². The lowest BCUT2D eigenvalue weighted by molar-refractivity contribution is -0.133. The summed E-state index contributed by atoms with van der Waals surface area (Å²) < 4.78 is 33.0. The number of carbonyl (C=O) groups excluding carboxylic acids is 1. The van der Waals surface area contributed by atoms with E-state index in [1.807, 2.05) is 25.1 Å². The van der Waals surface area contributed by atoms with E-state index in [0.717, 1.165) is 25.1 Å². The lowest BCUT2D eigenvalue weighted by Gasteiger charge is -2.35. The standard InChI is InChI=1S/C25H30N4O4S/c1-2-33-22-11-9-20(10-12-22)23-7-5-13-28(23)19-25(30)27-14-16-29(17-15-27)34(31,32)24-8-4-3-6-21(24)18-26/h3-4,6,8-12,23H,2,5,7,13-17,19H2,1H3. The molecule has 2 aromatic carbocycles. The van der Waals surface area contributed by atoms with Crippen LogP contribution in [0.2, 0.25) is 0 Å². The summed E-state index contributed by atoms with van der Waals surface area (Å²) >= 11 is 0. The second kappa shape index (κ2) is 10.6. The van der Waals surface area contributed by atoms with Crippen LogP contribution < -0.4 is 4.74 Å². The van der Waals surface area contributed by atoms with E-state index in [9.17, 15) is 18.5 Å². The molecular formula is C25H30N4O4S. The van der Waals surface area contributed by atoms with Gasteiger partial charge in [0.05, 0.1) is 23.6 Å². The topological polar surface area (TPSA) is 93.9 Å². The molecule has 2 aliphatic rings. The summed E-state index contributed by atoms with van der Waals surface area (Å²) in [6.45, 7) is 4.89. The molecule has 1 unspecified atom stereocenters. The SMILES string of the molecule is CCOc1ccc(C2CCCN2CC(=O)N2CCN(S(=O)(=O)c3ccccc3C#N)CC2)cc1. The first-order chi connectivity index (χ1) is 16.4. The Morgan fingerprint density at radius 3 is 2.44 bits per heavy atom. The third kappa shape index (κ3) is 5.09. The quantitative estimate of drug-likeness (QED) is 0.602. The van der Waals surface area contributed by atoms with Gasteiger partial charge in [-0.15, -0.1) is 0 Å². The summed E-state index contributed by atoms with van der Waals surface area (Å²) in [6.07, 6.45) is 2.04. The number of hydrogen-bond acceptors (Lipinski definition) is 6. The Morgan fingerprint density at radius 2 is 1.76 bits per heavy atom. The molecule has 2 aromatic rings. The monoisotopic (exact) mass is 482 g/mol. The second-order valence-electron chi connectivity index (χ2n) is 8.52. The smallest absolute Gasteiger partial charge is 0.244 e. The van der Waals surface area contributed by atoms with Gasteiger partial charge in [-0.1, -0.05) is 24.3 Å². The summed E-state index contributed by atoms with van der Waals surface area (Å²) in [4.78, 5) is 17.0. The van der Waals surface area contributed by atoms with E-state index in [2.05, 4.69) is 17.0 Å². The predicted octanol–water partition coefficient (Wildman–Crippen LogP) is 2.63. The molecule has 0 N–H and O–H groups in total. The summed E-state index contributed by atoms with van der Waals surface area (Å²) in [5.41, 5.74) is 1.32. The van der Waals surface area contributed by atoms with Crippen LogP contribution in [0.1, 0.15) is 36.9 Å². The van der Waals surface area contributed by atoms with Gasteiger partial charge in [-0.25, -0.2) is 8.42 Å². The third-order valence-corrected chi connectivity index (χ3v) is 8.45. The third-order valence-electron chi connectivity index (χ3n) is 6.49. The zero-order chi connectivity index (χ0) is 24.1. The van der Waals surface area contributed by atoms with E-state index in [0.29, 0.717) is 26.2 Å². The molecule has 0 aliphatic carbocycles. The molecule has 0 aromatic heterocycles. The highest BCUT2D eigenvalue weighted by atomic mass is 32.2. The number of rotatable bonds is 7. The van der Waals surface area contributed by atoms with Crippen molar-refractivity contribution >= 4 is 15.9 Å². The maximum absolute atomic E-state index is 13.1. The first kappa shape index (κ1) is 24.2. The molecule has 2 heterocycles. The summed E-state index contributed by atoms with van der Waals surface area (Å²) in [7, 11) is -3.78. The van der Waals surface area contributed by atoms with Crippen molar-refractivity contribution in [2.45, 2.75) is 30.7 Å². The van der Waals surface area contributed by atoms with E-state index in [4.69, 9.17) is 4.74 Å². The van der Waals surface area contributed by atoms with Crippen molar-refractivity contribution in [2.24, 2.45) is 0 Å². The lowest BCUT2D eigenvalue weighted by Crippen LogP contribution is -2.52. The van der Waals surface area contributed by atoms with Gasteiger partial charge in [-0.3, -0.25) is 9.69 Å². The molecule has 8 nitrogen and oxygen atoms in total. The van der Waals surface area contributed by atoms with Crippen molar-refractivity contribution in [1.82, 2.24) is 14.1 Å². The largest absolute Gasteiger partial charge is 0.494 e. The first-order valence-corrected chi connectivity index (χ1v) is 13.1. The van der Waals surface area contributed by atoms with Crippen LogP contribution >= 0.6 is 0 Å². The predicted molar refractivity (Wildman–Crippen MR) is 128 cm³/mol. The molecule has 0 spiro atoms. The summed E-state index contributed by atoms with van der Waals surface area (Å²) in [5.74, 6) is 0.865. The van der Waals surface area contributed by atoms with Gasteiger partial charge >= 0.3 is 0 Å². The average molecular weight is 483 g/mol. The van der Waals surface area contributed by atoms with Crippen LogP contribution in [0.25, 0.3) is 0 Å². The highest BCUT2D eigenvalue weighted by molar-refractivity contribution is 7.89. The minimum Gasteiger partial charge on any atom is -0.494 e. The Morgan fingerprint density at radius 1 is 1.06 bits per heavy atom. The number of piperazine rings is 1. The van der Waals surface area contributed by atoms with Crippen LogP contribution in [0.15, 0.2) is 53.4 Å². The molecule has 0 saturated carbocycles. The summed E-state index contributed by atoms with van der Waals surface area (Å²) in [5, 5.41) is 9.28. The Labute approximate surface area is 201 Å². The highest BCUT2D eigenvalue weighted by Gasteiger charge is 2.33. The minimum absolute atomic E-state index is 0.0207. The van der Waals surface area contributed by atoms with Crippen molar-refractivity contribution in [3.63, 3.8) is 0 Å². The first-order valence-electron chi connectivity index (χ1n) is 11.7. The Kier molecular flexibility index (Phi) is 7.51. The van der Waals surface area contributed by atoms with Crippen LogP contribution in [0, 0.1) is 11.3 Å². The fourth-order valence-corrected chi connectivity index (χ4v) is 6.28. The number of nitriles is 1. The van der Waals surface area contributed by atoms with Gasteiger partial charge in [-0.2, -0.15) is 9.57 Å². The van der Waals surface area contributed by atoms with Gasteiger partial charge in [0.1, 0.15) is 11.8 Å². The molecule has 9 heteroatoms. The maximum atomic E-state index is 13.1. The van der Waals surface area contributed by atoms with Gasteiger partial charge in [0.25, 0.3) is 0 Å². The van der Waals surface area contributed by atoms with Gasteiger partial charge in [0, 0.05) is 32.2 Å². The number of nitrogens with zero attached hydrogens (tertiary/aromatic N) is 4. The zero-order valence-corrected chi connectivity index (χ0v) is 20.2. The maximum Gasteiger partial charge on any atom is 0.244 e. The molecular weight excluding hydrogens is 452 g/mol. The fourth-order valence-electron chi connectivity index (χ4n) is 4.72. The van der Waals surface area contributed by atoms with Crippen LogP contribution in [0.4, 0.5) is 0 Å². The number of likely N-dealkylation sites (tertiary alicyclic amines) is 1. The van der Waals surface area contributed by atoms with Crippen molar-refractivity contribution in [1.29, 1.82) is 5.26 Å². The molecule has 1 amide bonds. The van der Waals surface area contributed by atoms with Crippen molar-refractivity contribution in [3.8, 4) is 11.8 Å². The number of amides is 1. The van der Waals surface area contributed by atoms with Gasteiger partial charge < -0.3 is 9.64 Å². The Bertz CT molecular complexity index is 1150. The van der Waals surface area contributed by atoms with E-state index < -0.39 is 10.0 Å². The molecule has 4 rings (SSSR count). The molecule has 2 aliphatic heterocycles. The van der Waals surface area contributed by atoms with E-state index in [1.54, 1.807) is 17.0 Å². The van der Waals surface area contributed by atoms with Gasteiger partial charge in [0.2, 0.25) is 15.9 Å². The fraction of sp³-hybridized carbons (Fsp3) is 0.440. The second-order valence-corrected chi connectivity index (χ2v) is 10.4. The van der Waals surface area contributed by atoms with Crippen molar-refractivity contribution in [3.05, 3.63) is 59.7 Å². The van der Waals surface area contributed by atoms with Gasteiger partial charge in [0.15, 0.2) is 0 Å². The molecule has 1 atom stereocenters. The molecule has 2 saturated heterocycles. The zero-order valence-electron chi connectivity index (χ0n) is 19.4.